The molecule has 2 fully saturated rings. The second kappa shape index (κ2) is 15.4. The fraction of sp³-hybridized carbons (Fsp3) is 0.475. The van der Waals surface area contributed by atoms with E-state index >= 15 is 4.39 Å². The second-order valence-electron chi connectivity index (χ2n) is 16.5. The number of halogens is 5. The van der Waals surface area contributed by atoms with Gasteiger partial charge in [-0.15, -0.1) is 0 Å². The summed E-state index contributed by atoms with van der Waals surface area (Å²) < 4.78 is 110. The molecule has 6 rings (SSSR count). The maximum atomic E-state index is 15.2. The van der Waals surface area contributed by atoms with Crippen LogP contribution in [0, 0.1) is 6.92 Å². The van der Waals surface area contributed by atoms with Crippen LogP contribution in [0.2, 0.25) is 18.1 Å². The summed E-state index contributed by atoms with van der Waals surface area (Å²) in [5.74, 6) is -4.74. The molecular formula is C40H47F5N4O6SSi. The molecule has 2 aromatic heterocycles. The lowest BCUT2D eigenvalue weighted by atomic mass is 9.67. The van der Waals surface area contributed by atoms with E-state index < -0.39 is 79.7 Å². The maximum Gasteiger partial charge on any atom is 0.387 e. The number of hydrogen-bond acceptors (Lipinski definition) is 7. The molecule has 3 heterocycles. The van der Waals surface area contributed by atoms with Gasteiger partial charge in [0.2, 0.25) is 17.7 Å². The number of likely N-dealkylation sites (tertiary alicyclic amines) is 1. The molecule has 1 aliphatic heterocycles. The predicted octanol–water partition coefficient (Wildman–Crippen LogP) is 8.73. The molecule has 308 valence electrons. The largest absolute Gasteiger partial charge is 0.435 e. The quantitative estimate of drug-likeness (QED) is 0.119. The van der Waals surface area contributed by atoms with E-state index in [-0.39, 0.29) is 64.0 Å². The molecule has 1 aliphatic carbocycles. The third-order valence-corrected chi connectivity index (χ3v) is 17.8. The normalized spacial score (nSPS) is 19.9. The first-order valence-electron chi connectivity index (χ1n) is 18.7. The molecule has 2 aliphatic rings. The van der Waals surface area contributed by atoms with E-state index in [1.54, 1.807) is 18.2 Å². The van der Waals surface area contributed by atoms with Gasteiger partial charge in [-0.3, -0.25) is 9.59 Å². The molecule has 1 unspecified atom stereocenters. The Labute approximate surface area is 329 Å². The van der Waals surface area contributed by atoms with E-state index in [1.807, 2.05) is 20.0 Å². The third kappa shape index (κ3) is 8.60. The minimum absolute atomic E-state index is 0.00518. The summed E-state index contributed by atoms with van der Waals surface area (Å²) >= 11 is 0. The molecule has 2 atom stereocenters. The minimum atomic E-state index is -4.15. The van der Waals surface area contributed by atoms with Gasteiger partial charge >= 0.3 is 6.61 Å². The Bertz CT molecular complexity index is 2230. The Hall–Kier alpha value is -4.35. The van der Waals surface area contributed by atoms with Crippen LogP contribution < -0.4 is 10.1 Å². The average Bonchev–Trinajstić information content (AvgIpc) is 3.71. The van der Waals surface area contributed by atoms with Crippen LogP contribution in [-0.4, -0.2) is 73.7 Å². The summed E-state index contributed by atoms with van der Waals surface area (Å²) in [6.45, 7) is 8.54. The second-order valence-corrected chi connectivity index (χ2v) is 23.1. The number of ether oxygens (including phenoxy) is 1. The van der Waals surface area contributed by atoms with Crippen LogP contribution in [0.1, 0.15) is 69.7 Å². The molecule has 1 N–H and O–H groups in total. The van der Waals surface area contributed by atoms with Crippen LogP contribution in [0.15, 0.2) is 71.6 Å². The summed E-state index contributed by atoms with van der Waals surface area (Å²) in [4.78, 5) is 34.0. The van der Waals surface area contributed by atoms with Crippen molar-refractivity contribution < 1.29 is 49.1 Å². The van der Waals surface area contributed by atoms with E-state index in [0.717, 1.165) is 10.5 Å². The highest BCUT2D eigenvalue weighted by atomic mass is 32.2. The zero-order valence-corrected chi connectivity index (χ0v) is 34.4. The van der Waals surface area contributed by atoms with Crippen LogP contribution in [0.4, 0.5) is 27.8 Å². The summed E-state index contributed by atoms with van der Waals surface area (Å²) in [5.41, 5.74) is 0.321. The van der Waals surface area contributed by atoms with E-state index in [2.05, 4.69) is 35.8 Å². The van der Waals surface area contributed by atoms with Crippen LogP contribution in [0.25, 0.3) is 11.0 Å². The van der Waals surface area contributed by atoms with Gasteiger partial charge in [0, 0.05) is 19.3 Å². The van der Waals surface area contributed by atoms with E-state index in [1.165, 1.54) is 52.5 Å². The topological polar surface area (TPSA) is 120 Å². The lowest BCUT2D eigenvalue weighted by Crippen LogP contribution is -2.54. The van der Waals surface area contributed by atoms with Gasteiger partial charge in [0.25, 0.3) is 10.0 Å². The molecule has 10 nitrogen and oxygen atoms in total. The Morgan fingerprint density at radius 2 is 1.61 bits per heavy atom. The number of alkyl halides is 5. The monoisotopic (exact) mass is 834 g/mol. The van der Waals surface area contributed by atoms with E-state index in [0.29, 0.717) is 5.69 Å². The number of hydrogen-bond donors (Lipinski definition) is 1. The average molecular weight is 835 g/mol. The Morgan fingerprint density at radius 1 is 0.982 bits per heavy atom. The zero-order valence-electron chi connectivity index (χ0n) is 32.6. The van der Waals surface area contributed by atoms with Gasteiger partial charge in [-0.25, -0.2) is 30.5 Å². The van der Waals surface area contributed by atoms with Crippen molar-refractivity contribution in [1.82, 2.24) is 13.9 Å². The highest BCUT2D eigenvalue weighted by Gasteiger charge is 2.53. The van der Waals surface area contributed by atoms with Crippen LogP contribution in [-0.2, 0) is 36.1 Å². The standard InChI is InChI=1S/C40H47F5N4O6SSi/c1-25-7-13-30(14-8-25)56(52,53)49-28(24-54-57(5,6)38(2,3)4)22-31-32(49)15-16-34(46-31)47-35(50)33-21-27(41)23-48(33)36(51)39(17-19-40(44,45)20-18-39)26-9-11-29(12-10-26)55-37(42)43/h7-16,22,27,33,37H,17-21,23-24H2,1-6H3,(H,46,47,50)/t27?,33-/m1/s1. The number of nitrogens with zero attached hydrogens (tertiary/aromatic N) is 3. The molecule has 1 saturated carbocycles. The van der Waals surface area contributed by atoms with Crippen LogP contribution in [0.3, 0.4) is 0 Å². The smallest absolute Gasteiger partial charge is 0.387 e. The first-order chi connectivity index (χ1) is 26.5. The lowest BCUT2D eigenvalue weighted by Gasteiger charge is -2.42. The molecule has 57 heavy (non-hydrogen) atoms. The maximum absolute atomic E-state index is 15.2. The van der Waals surface area contributed by atoms with Gasteiger partial charge in [-0.05, 0) is 85.9 Å². The fourth-order valence-corrected chi connectivity index (χ4v) is 9.68. The lowest BCUT2D eigenvalue weighted by molar-refractivity contribution is -0.146. The molecule has 17 heteroatoms. The van der Waals surface area contributed by atoms with Crippen molar-refractivity contribution in [1.29, 1.82) is 0 Å². The molecule has 1 saturated heterocycles. The molecule has 2 amide bonds. The van der Waals surface area contributed by atoms with Gasteiger partial charge in [-0.2, -0.15) is 8.78 Å². The summed E-state index contributed by atoms with van der Waals surface area (Å²) in [6.07, 6.45) is -3.91. The van der Waals surface area contributed by atoms with Gasteiger partial charge < -0.3 is 19.4 Å². The number of carbonyl (C=O) groups excluding carboxylic acids is 2. The number of amides is 2. The van der Waals surface area contributed by atoms with Gasteiger partial charge in [-0.1, -0.05) is 50.6 Å². The first kappa shape index (κ1) is 42.3. The van der Waals surface area contributed by atoms with Crippen molar-refractivity contribution >= 4 is 47.0 Å². The SMILES string of the molecule is Cc1ccc(S(=O)(=O)n2c(CO[Si](C)(C)C(C)(C)C)cc3nc(NC(=O)[C@H]4CC(F)CN4C(=O)C4(c5ccc(OC(F)F)cc5)CCC(F)(F)CC4)ccc32)cc1. The summed E-state index contributed by atoms with van der Waals surface area (Å²) in [6, 6.07) is 14.7. The number of rotatable bonds is 11. The van der Waals surface area contributed by atoms with Crippen molar-refractivity contribution in [2.45, 2.75) is 120 Å². The zero-order chi connectivity index (χ0) is 41.7. The third-order valence-electron chi connectivity index (χ3n) is 11.6. The Balaban J connectivity index is 1.31. The summed E-state index contributed by atoms with van der Waals surface area (Å²) in [7, 11) is -6.50. The number of aromatic nitrogens is 2. The minimum Gasteiger partial charge on any atom is -0.435 e. The van der Waals surface area contributed by atoms with Crippen molar-refractivity contribution in [3.63, 3.8) is 0 Å². The fourth-order valence-electron chi connectivity index (χ4n) is 7.22. The highest BCUT2D eigenvalue weighted by Crippen LogP contribution is 2.48. The van der Waals surface area contributed by atoms with E-state index in [9.17, 15) is 35.6 Å². The molecule has 0 spiro atoms. The highest BCUT2D eigenvalue weighted by molar-refractivity contribution is 7.90. The number of anilines is 1. The number of aryl methyl sites for hydroxylation is 1. The molecular weight excluding hydrogens is 788 g/mol. The van der Waals surface area contributed by atoms with Crippen LogP contribution in [0.5, 0.6) is 5.75 Å². The van der Waals surface area contributed by atoms with E-state index in [4.69, 9.17) is 4.43 Å². The number of benzene rings is 2. The Kier molecular flexibility index (Phi) is 11.4. The van der Waals surface area contributed by atoms with Gasteiger partial charge in [0.05, 0.1) is 40.2 Å². The Morgan fingerprint density at radius 3 is 2.21 bits per heavy atom. The molecule has 4 aromatic rings. The number of nitrogens with one attached hydrogen (secondary N) is 1. The van der Waals surface area contributed by atoms with Crippen molar-refractivity contribution in [2.75, 3.05) is 11.9 Å². The molecule has 0 bridgehead atoms. The molecule has 2 aromatic carbocycles. The number of carbonyl (C=O) groups is 2. The first-order valence-corrected chi connectivity index (χ1v) is 23.0. The number of fused-ring (bicyclic) bond motifs is 1. The van der Waals surface area contributed by atoms with Gasteiger partial charge in [0.1, 0.15) is 23.8 Å². The van der Waals surface area contributed by atoms with Crippen molar-refractivity contribution in [3.8, 4) is 5.75 Å². The summed E-state index contributed by atoms with van der Waals surface area (Å²) in [5, 5.41) is 2.49. The van der Waals surface area contributed by atoms with Crippen LogP contribution >= 0.6 is 0 Å². The van der Waals surface area contributed by atoms with Gasteiger partial charge in [0.15, 0.2) is 8.32 Å². The molecule has 0 radical (unpaired) electrons. The van der Waals surface area contributed by atoms with Crippen molar-refractivity contribution in [2.24, 2.45) is 0 Å². The van der Waals surface area contributed by atoms with Crippen molar-refractivity contribution in [3.05, 3.63) is 83.6 Å². The predicted molar refractivity (Wildman–Crippen MR) is 207 cm³/mol. The number of pyridine rings is 1.